The third kappa shape index (κ3) is 7.03. The molecule has 4 N–H and O–H groups in total. The summed E-state index contributed by atoms with van der Waals surface area (Å²) in [5.74, 6) is -3.35. The number of aromatic amines is 1. The lowest BCUT2D eigenvalue weighted by molar-refractivity contribution is -0.192. The number of likely N-dealkylation sites (tertiary alicyclic amines) is 1. The number of aliphatic carboxylic acids is 1. The molecule has 40 heavy (non-hydrogen) atoms. The Balaban J connectivity index is 0.000000470. The number of fused-ring (bicyclic) bond motifs is 1. The summed E-state index contributed by atoms with van der Waals surface area (Å²) >= 11 is 7.61. The van der Waals surface area contributed by atoms with E-state index in [-0.39, 0.29) is 11.6 Å². The number of benzene rings is 2. The number of H-pyrrole nitrogens is 1. The van der Waals surface area contributed by atoms with Crippen molar-refractivity contribution in [2.45, 2.75) is 25.1 Å². The summed E-state index contributed by atoms with van der Waals surface area (Å²) in [6.45, 7) is 1.81. The zero-order valence-electron chi connectivity index (χ0n) is 20.7. The second-order valence-electron chi connectivity index (χ2n) is 8.86. The van der Waals surface area contributed by atoms with Crippen LogP contribution in [-0.2, 0) is 4.79 Å². The number of rotatable bonds is 5. The fourth-order valence-corrected chi connectivity index (χ4v) is 4.70. The summed E-state index contributed by atoms with van der Waals surface area (Å²) < 4.78 is 50.5. The van der Waals surface area contributed by atoms with E-state index in [4.69, 9.17) is 21.5 Å². The molecule has 10 nitrogen and oxygen atoms in total. The maximum absolute atomic E-state index is 14.4. The fraction of sp³-hybridized carbons (Fsp3) is 0.292. The number of carbonyl (C=O) groups excluding carboxylic acids is 1. The quantitative estimate of drug-likeness (QED) is 0.233. The first-order chi connectivity index (χ1) is 18.9. The van der Waals surface area contributed by atoms with Crippen LogP contribution in [0.1, 0.15) is 23.2 Å². The molecule has 4 aromatic rings. The molecule has 212 valence electrons. The molecule has 0 spiro atoms. The predicted octanol–water partition coefficient (Wildman–Crippen LogP) is 5.07. The lowest BCUT2D eigenvalue weighted by Gasteiger charge is -2.29. The van der Waals surface area contributed by atoms with Crippen LogP contribution in [0.5, 0.6) is 0 Å². The molecule has 0 atom stereocenters. The van der Waals surface area contributed by atoms with Gasteiger partial charge in [0, 0.05) is 28.5 Å². The molecule has 3 heterocycles. The second kappa shape index (κ2) is 12.1. The van der Waals surface area contributed by atoms with Gasteiger partial charge in [-0.1, -0.05) is 11.6 Å². The number of piperidine rings is 1. The van der Waals surface area contributed by atoms with Gasteiger partial charge in [0.05, 0.1) is 28.0 Å². The van der Waals surface area contributed by atoms with Crippen LogP contribution in [-0.4, -0.2) is 73.8 Å². The SMILES string of the molecule is CN1CCC(NC(=O)c2cc(-c3nsc(Nc4ccc5[nH]ncc5c4Cl)n3)ccc2F)CC1.O=C(O)C(F)(F)F. The van der Waals surface area contributed by atoms with E-state index in [9.17, 15) is 22.4 Å². The summed E-state index contributed by atoms with van der Waals surface area (Å²) in [7, 11) is 2.05. The van der Waals surface area contributed by atoms with Crippen LogP contribution < -0.4 is 10.6 Å². The number of halogens is 5. The van der Waals surface area contributed by atoms with Gasteiger partial charge in [-0.2, -0.15) is 27.6 Å². The first kappa shape index (κ1) is 29.2. The van der Waals surface area contributed by atoms with Crippen molar-refractivity contribution in [1.29, 1.82) is 0 Å². The van der Waals surface area contributed by atoms with Crippen molar-refractivity contribution in [3.8, 4) is 11.4 Å². The number of hydrogen-bond donors (Lipinski definition) is 4. The highest BCUT2D eigenvalue weighted by atomic mass is 35.5. The number of amides is 1. The third-order valence-corrected chi connectivity index (χ3v) is 7.03. The number of alkyl halides is 3. The first-order valence-corrected chi connectivity index (χ1v) is 12.9. The standard InChI is InChI=1S/C22H21ClFN7OS.C2HF3O2/c1-31-8-6-13(7-9-31)26-21(32)14-10-12(2-3-16(14)24)20-28-22(33-30-20)27-18-5-4-17-15(19(18)23)11-25-29-17;3-2(4,5)1(6)7/h2-5,10-11,13H,6-9H2,1H3,(H,25,29)(H,26,32)(H,27,28,30);(H,6,7). The van der Waals surface area contributed by atoms with Crippen molar-refractivity contribution in [1.82, 2.24) is 29.8 Å². The highest BCUT2D eigenvalue weighted by molar-refractivity contribution is 7.10. The van der Waals surface area contributed by atoms with Gasteiger partial charge in [0.15, 0.2) is 5.82 Å². The highest BCUT2D eigenvalue weighted by Crippen LogP contribution is 2.33. The number of anilines is 2. The highest BCUT2D eigenvalue weighted by Gasteiger charge is 2.38. The van der Waals surface area contributed by atoms with Crippen LogP contribution in [0.2, 0.25) is 5.02 Å². The topological polar surface area (TPSA) is 136 Å². The molecule has 0 unspecified atom stereocenters. The Morgan fingerprint density at radius 3 is 2.58 bits per heavy atom. The zero-order valence-corrected chi connectivity index (χ0v) is 22.3. The molecule has 1 aliphatic rings. The lowest BCUT2D eigenvalue weighted by atomic mass is 10.0. The van der Waals surface area contributed by atoms with Crippen LogP contribution in [0.4, 0.5) is 28.4 Å². The van der Waals surface area contributed by atoms with E-state index in [1.165, 1.54) is 12.1 Å². The molecule has 0 bridgehead atoms. The third-order valence-electron chi connectivity index (χ3n) is 5.99. The van der Waals surface area contributed by atoms with Gasteiger partial charge < -0.3 is 20.6 Å². The molecule has 2 aromatic heterocycles. The van der Waals surface area contributed by atoms with E-state index in [0.717, 1.165) is 48.4 Å². The number of hydrogen-bond acceptors (Lipinski definition) is 8. The summed E-state index contributed by atoms with van der Waals surface area (Å²) in [5, 5.41) is 22.0. The lowest BCUT2D eigenvalue weighted by Crippen LogP contribution is -2.43. The number of carboxylic acids is 1. The summed E-state index contributed by atoms with van der Waals surface area (Å²) in [6, 6.07) is 8.08. The van der Waals surface area contributed by atoms with Crippen molar-refractivity contribution >= 4 is 56.7 Å². The average molecular weight is 600 g/mol. The van der Waals surface area contributed by atoms with Crippen molar-refractivity contribution in [3.05, 3.63) is 52.9 Å². The van der Waals surface area contributed by atoms with E-state index in [0.29, 0.717) is 27.2 Å². The van der Waals surface area contributed by atoms with Crippen LogP contribution in [0.3, 0.4) is 0 Å². The molecule has 16 heteroatoms. The minimum atomic E-state index is -5.08. The molecule has 0 radical (unpaired) electrons. The second-order valence-corrected chi connectivity index (χ2v) is 9.98. The van der Waals surface area contributed by atoms with Crippen LogP contribution in [0, 0.1) is 5.82 Å². The van der Waals surface area contributed by atoms with E-state index in [1.54, 1.807) is 12.3 Å². The van der Waals surface area contributed by atoms with Crippen LogP contribution in [0.15, 0.2) is 36.5 Å². The monoisotopic (exact) mass is 599 g/mol. The van der Waals surface area contributed by atoms with Gasteiger partial charge in [-0.05, 0) is 63.3 Å². The average Bonchev–Trinajstić information content (AvgIpc) is 3.57. The molecule has 1 saturated heterocycles. The number of carbonyl (C=O) groups is 2. The Morgan fingerprint density at radius 1 is 1.20 bits per heavy atom. The van der Waals surface area contributed by atoms with Gasteiger partial charge >= 0.3 is 12.1 Å². The maximum Gasteiger partial charge on any atom is 0.490 e. The minimum absolute atomic E-state index is 0.0100. The molecule has 1 amide bonds. The Kier molecular flexibility index (Phi) is 8.85. The normalized spacial score (nSPS) is 14.4. The molecular formula is C24H22ClF4N7O3S. The Bertz CT molecular complexity index is 1520. The molecule has 5 rings (SSSR count). The van der Waals surface area contributed by atoms with Crippen LogP contribution in [0.25, 0.3) is 22.3 Å². The molecule has 1 fully saturated rings. The van der Waals surface area contributed by atoms with Gasteiger partial charge in [-0.25, -0.2) is 9.18 Å². The van der Waals surface area contributed by atoms with Crippen molar-refractivity contribution in [2.24, 2.45) is 0 Å². The summed E-state index contributed by atoms with van der Waals surface area (Å²) in [5.41, 5.74) is 2.06. The minimum Gasteiger partial charge on any atom is -0.475 e. The Morgan fingerprint density at radius 2 is 1.90 bits per heavy atom. The number of nitrogens with zero attached hydrogens (tertiary/aromatic N) is 4. The Hall–Kier alpha value is -3.82. The smallest absolute Gasteiger partial charge is 0.475 e. The maximum atomic E-state index is 14.4. The summed E-state index contributed by atoms with van der Waals surface area (Å²) in [6.07, 6.45) is -1.73. The zero-order chi connectivity index (χ0) is 29.0. The molecule has 1 aliphatic heterocycles. The van der Waals surface area contributed by atoms with E-state index in [1.807, 2.05) is 12.1 Å². The van der Waals surface area contributed by atoms with E-state index >= 15 is 0 Å². The van der Waals surface area contributed by atoms with Crippen molar-refractivity contribution in [3.63, 3.8) is 0 Å². The number of carboxylic acid groups (broad SMARTS) is 1. The van der Waals surface area contributed by atoms with Gasteiger partial charge in [-0.3, -0.25) is 9.89 Å². The number of aromatic nitrogens is 4. The number of nitrogens with one attached hydrogen (secondary N) is 3. The van der Waals surface area contributed by atoms with Gasteiger partial charge in [0.2, 0.25) is 5.13 Å². The largest absolute Gasteiger partial charge is 0.490 e. The van der Waals surface area contributed by atoms with Crippen molar-refractivity contribution < 1.29 is 32.3 Å². The van der Waals surface area contributed by atoms with E-state index < -0.39 is 23.9 Å². The predicted molar refractivity (Wildman–Crippen MR) is 141 cm³/mol. The van der Waals surface area contributed by atoms with Gasteiger partial charge in [0.1, 0.15) is 5.82 Å². The molecular weight excluding hydrogens is 578 g/mol. The molecule has 0 aliphatic carbocycles. The van der Waals surface area contributed by atoms with Gasteiger partial charge in [0.25, 0.3) is 5.91 Å². The Labute approximate surface area is 233 Å². The van der Waals surface area contributed by atoms with Gasteiger partial charge in [-0.15, -0.1) is 0 Å². The molecule has 2 aromatic carbocycles. The van der Waals surface area contributed by atoms with E-state index in [2.05, 4.69) is 42.1 Å². The first-order valence-electron chi connectivity index (χ1n) is 11.7. The summed E-state index contributed by atoms with van der Waals surface area (Å²) in [4.78, 5) is 28.3. The molecule has 0 saturated carbocycles. The van der Waals surface area contributed by atoms with Crippen molar-refractivity contribution in [2.75, 3.05) is 25.5 Å². The van der Waals surface area contributed by atoms with Crippen LogP contribution >= 0.6 is 23.1 Å². The fourth-order valence-electron chi connectivity index (χ4n) is 3.84.